The summed E-state index contributed by atoms with van der Waals surface area (Å²) >= 11 is 1.47. The maximum atomic E-state index is 12.2. The van der Waals surface area contributed by atoms with E-state index < -0.39 is 0 Å². The van der Waals surface area contributed by atoms with Crippen LogP contribution in [0.1, 0.15) is 21.4 Å². The Kier molecular flexibility index (Phi) is 4.92. The second kappa shape index (κ2) is 7.09. The van der Waals surface area contributed by atoms with Gasteiger partial charge in [-0.3, -0.25) is 9.69 Å². The molecule has 22 heavy (non-hydrogen) atoms. The minimum Gasteiger partial charge on any atom is -0.379 e. The van der Waals surface area contributed by atoms with Crippen LogP contribution in [0.5, 0.6) is 0 Å². The predicted octanol–water partition coefficient (Wildman–Crippen LogP) is 1.89. The molecule has 0 unspecified atom stereocenters. The summed E-state index contributed by atoms with van der Waals surface area (Å²) in [6.45, 7) is 3.89. The molecule has 1 atom stereocenters. The Bertz CT molecular complexity index is 603. The molecule has 0 aromatic carbocycles. The smallest absolute Gasteiger partial charge is 0.261 e. The summed E-state index contributed by atoms with van der Waals surface area (Å²) < 4.78 is 7.57. The zero-order valence-electron chi connectivity index (χ0n) is 12.7. The number of nitrogens with one attached hydrogen (secondary N) is 1. The molecule has 1 aliphatic heterocycles. The minimum absolute atomic E-state index is 0.00229. The van der Waals surface area contributed by atoms with E-state index in [4.69, 9.17) is 4.74 Å². The topological polar surface area (TPSA) is 46.5 Å². The third-order valence-corrected chi connectivity index (χ3v) is 4.88. The molecule has 1 amide bonds. The van der Waals surface area contributed by atoms with Gasteiger partial charge in [0.15, 0.2) is 0 Å². The van der Waals surface area contributed by atoms with Gasteiger partial charge in [0, 0.05) is 38.6 Å². The molecule has 0 radical (unpaired) electrons. The monoisotopic (exact) mass is 319 g/mol. The average molecular weight is 319 g/mol. The molecule has 2 aromatic heterocycles. The fraction of sp³-hybridized carbons (Fsp3) is 0.438. The molecule has 0 aliphatic carbocycles. The number of aryl methyl sites for hydroxylation is 1. The van der Waals surface area contributed by atoms with Crippen LogP contribution in [0.2, 0.25) is 0 Å². The maximum absolute atomic E-state index is 12.2. The number of carbonyl (C=O) groups excluding carboxylic acids is 1. The fourth-order valence-corrected chi connectivity index (χ4v) is 3.45. The first-order chi connectivity index (χ1) is 10.8. The third kappa shape index (κ3) is 3.40. The molecule has 1 N–H and O–H groups in total. The van der Waals surface area contributed by atoms with Gasteiger partial charge in [-0.1, -0.05) is 6.07 Å². The summed E-state index contributed by atoms with van der Waals surface area (Å²) in [6.07, 6.45) is 2.05. The van der Waals surface area contributed by atoms with E-state index in [1.165, 1.54) is 17.0 Å². The maximum Gasteiger partial charge on any atom is 0.261 e. The number of aromatic nitrogens is 1. The minimum atomic E-state index is 0.00229. The van der Waals surface area contributed by atoms with E-state index in [0.29, 0.717) is 6.54 Å². The molecule has 3 rings (SSSR count). The lowest BCUT2D eigenvalue weighted by molar-refractivity contribution is 0.0148. The molecule has 1 saturated heterocycles. The number of rotatable bonds is 5. The van der Waals surface area contributed by atoms with E-state index in [1.54, 1.807) is 0 Å². The van der Waals surface area contributed by atoms with Gasteiger partial charge in [0.2, 0.25) is 0 Å². The van der Waals surface area contributed by atoms with Gasteiger partial charge in [-0.25, -0.2) is 0 Å². The summed E-state index contributed by atoms with van der Waals surface area (Å²) in [5, 5.41) is 5.00. The summed E-state index contributed by atoms with van der Waals surface area (Å²) in [5.41, 5.74) is 1.22. The standard InChI is InChI=1S/C16H21N3O2S/c1-18-6-2-4-13(18)14(19-7-9-21-10-8-19)12-17-16(20)15-5-3-11-22-15/h2-6,11,14H,7-10,12H2,1H3,(H,17,20)/t14-/m0/s1. The van der Waals surface area contributed by atoms with Crippen molar-refractivity contribution >= 4 is 17.2 Å². The molecule has 0 bridgehead atoms. The van der Waals surface area contributed by atoms with Crippen LogP contribution in [0.4, 0.5) is 0 Å². The van der Waals surface area contributed by atoms with Crippen molar-refractivity contribution in [3.05, 3.63) is 46.4 Å². The van der Waals surface area contributed by atoms with E-state index in [9.17, 15) is 4.79 Å². The first-order valence-electron chi connectivity index (χ1n) is 7.50. The summed E-state index contributed by atoms with van der Waals surface area (Å²) in [5.74, 6) is 0.00229. The van der Waals surface area contributed by atoms with Gasteiger partial charge in [-0.05, 0) is 23.6 Å². The van der Waals surface area contributed by atoms with Crippen LogP contribution in [-0.2, 0) is 11.8 Å². The molecule has 0 saturated carbocycles. The van der Waals surface area contributed by atoms with E-state index in [1.807, 2.05) is 36.8 Å². The van der Waals surface area contributed by atoms with Crippen LogP contribution in [-0.4, -0.2) is 48.2 Å². The van der Waals surface area contributed by atoms with Gasteiger partial charge in [0.1, 0.15) is 0 Å². The van der Waals surface area contributed by atoms with Gasteiger partial charge >= 0.3 is 0 Å². The molecule has 2 aromatic rings. The van der Waals surface area contributed by atoms with Crippen molar-refractivity contribution in [3.8, 4) is 0 Å². The zero-order valence-corrected chi connectivity index (χ0v) is 13.5. The molecule has 118 valence electrons. The van der Waals surface area contributed by atoms with Crippen molar-refractivity contribution in [1.29, 1.82) is 0 Å². The molecule has 3 heterocycles. The van der Waals surface area contributed by atoms with Crippen molar-refractivity contribution < 1.29 is 9.53 Å². The van der Waals surface area contributed by atoms with Gasteiger partial charge < -0.3 is 14.6 Å². The quantitative estimate of drug-likeness (QED) is 0.915. The first-order valence-corrected chi connectivity index (χ1v) is 8.38. The highest BCUT2D eigenvalue weighted by molar-refractivity contribution is 7.12. The number of hydrogen-bond donors (Lipinski definition) is 1. The molecule has 1 aliphatic rings. The van der Waals surface area contributed by atoms with Crippen molar-refractivity contribution in [2.75, 3.05) is 32.8 Å². The number of hydrogen-bond acceptors (Lipinski definition) is 4. The van der Waals surface area contributed by atoms with Crippen LogP contribution >= 0.6 is 11.3 Å². The van der Waals surface area contributed by atoms with Gasteiger partial charge in [0.05, 0.1) is 24.1 Å². The number of carbonyl (C=O) groups is 1. The summed E-state index contributed by atoms with van der Waals surface area (Å²) in [7, 11) is 2.05. The van der Waals surface area contributed by atoms with Crippen LogP contribution in [0.3, 0.4) is 0 Å². The third-order valence-electron chi connectivity index (χ3n) is 4.01. The number of nitrogens with zero attached hydrogens (tertiary/aromatic N) is 2. The molecule has 1 fully saturated rings. The second-order valence-corrected chi connectivity index (χ2v) is 6.34. The number of amides is 1. The van der Waals surface area contributed by atoms with Crippen LogP contribution in [0.25, 0.3) is 0 Å². The highest BCUT2D eigenvalue weighted by Gasteiger charge is 2.25. The molecule has 0 spiro atoms. The lowest BCUT2D eigenvalue weighted by atomic mass is 10.1. The van der Waals surface area contributed by atoms with E-state index in [0.717, 1.165) is 31.2 Å². The van der Waals surface area contributed by atoms with Gasteiger partial charge in [-0.15, -0.1) is 11.3 Å². The highest BCUT2D eigenvalue weighted by atomic mass is 32.1. The number of thiophene rings is 1. The number of ether oxygens (including phenoxy) is 1. The van der Waals surface area contributed by atoms with Gasteiger partial charge in [0.25, 0.3) is 5.91 Å². The Morgan fingerprint density at radius 2 is 2.18 bits per heavy atom. The van der Waals surface area contributed by atoms with Gasteiger partial charge in [-0.2, -0.15) is 0 Å². The van der Waals surface area contributed by atoms with Crippen LogP contribution < -0.4 is 5.32 Å². The molecule has 5 nitrogen and oxygen atoms in total. The first kappa shape index (κ1) is 15.3. The second-order valence-electron chi connectivity index (χ2n) is 5.40. The Morgan fingerprint density at radius 1 is 1.36 bits per heavy atom. The van der Waals surface area contributed by atoms with Crippen molar-refractivity contribution in [1.82, 2.24) is 14.8 Å². The lowest BCUT2D eigenvalue weighted by Gasteiger charge is -2.34. The Hall–Kier alpha value is -1.63. The van der Waals surface area contributed by atoms with Crippen LogP contribution in [0, 0.1) is 0 Å². The van der Waals surface area contributed by atoms with Crippen molar-refractivity contribution in [2.45, 2.75) is 6.04 Å². The molecular formula is C16H21N3O2S. The van der Waals surface area contributed by atoms with Crippen molar-refractivity contribution in [2.24, 2.45) is 7.05 Å². The normalized spacial score (nSPS) is 17.3. The summed E-state index contributed by atoms with van der Waals surface area (Å²) in [6, 6.07) is 8.09. The zero-order chi connectivity index (χ0) is 15.4. The number of morpholine rings is 1. The highest BCUT2D eigenvalue weighted by Crippen LogP contribution is 2.21. The largest absolute Gasteiger partial charge is 0.379 e. The Balaban J connectivity index is 1.71. The average Bonchev–Trinajstić information content (AvgIpc) is 3.21. The Labute approximate surface area is 134 Å². The van der Waals surface area contributed by atoms with Crippen LogP contribution in [0.15, 0.2) is 35.8 Å². The van der Waals surface area contributed by atoms with E-state index in [-0.39, 0.29) is 11.9 Å². The molecular weight excluding hydrogens is 298 g/mol. The Morgan fingerprint density at radius 3 is 2.82 bits per heavy atom. The predicted molar refractivity (Wildman–Crippen MR) is 87.2 cm³/mol. The fourth-order valence-electron chi connectivity index (χ4n) is 2.81. The van der Waals surface area contributed by atoms with E-state index >= 15 is 0 Å². The SMILES string of the molecule is Cn1cccc1[C@H](CNC(=O)c1cccs1)N1CCOCC1. The van der Waals surface area contributed by atoms with Crippen molar-refractivity contribution in [3.63, 3.8) is 0 Å². The molecule has 6 heteroatoms. The lowest BCUT2D eigenvalue weighted by Crippen LogP contribution is -2.44. The summed E-state index contributed by atoms with van der Waals surface area (Å²) in [4.78, 5) is 15.3. The van der Waals surface area contributed by atoms with E-state index in [2.05, 4.69) is 20.9 Å².